The Kier molecular flexibility index (Phi) is 4.53. The lowest BCUT2D eigenvalue weighted by atomic mass is 10.1. The second-order valence-electron chi connectivity index (χ2n) is 6.66. The van der Waals surface area contributed by atoms with E-state index in [0.29, 0.717) is 35.3 Å². The standard InChI is InChI=1S/C23H16N4O3/c28-23(21-17-8-3-1-6-15(17)11-12-24-21)25-18-9-4-2-7-16(18)14-20-26-22(27-30-20)19-10-5-13-29-19/h1-13H,14H2,(H,25,28). The van der Waals surface area contributed by atoms with Crippen LogP contribution in [0.2, 0.25) is 0 Å². The van der Waals surface area contributed by atoms with Crippen LogP contribution in [0.15, 0.2) is 88.1 Å². The van der Waals surface area contributed by atoms with Gasteiger partial charge in [0.05, 0.1) is 12.7 Å². The smallest absolute Gasteiger partial charge is 0.274 e. The molecule has 0 aliphatic heterocycles. The predicted octanol–water partition coefficient (Wildman–Crippen LogP) is 4.72. The molecule has 1 N–H and O–H groups in total. The zero-order valence-electron chi connectivity index (χ0n) is 15.8. The van der Waals surface area contributed by atoms with Crippen LogP contribution < -0.4 is 5.32 Å². The van der Waals surface area contributed by atoms with E-state index in [1.807, 2.05) is 54.6 Å². The number of hydrogen-bond acceptors (Lipinski definition) is 6. The fourth-order valence-corrected chi connectivity index (χ4v) is 3.27. The molecule has 0 fully saturated rings. The number of benzene rings is 2. The van der Waals surface area contributed by atoms with Gasteiger partial charge in [-0.1, -0.05) is 47.6 Å². The second-order valence-corrected chi connectivity index (χ2v) is 6.66. The summed E-state index contributed by atoms with van der Waals surface area (Å²) in [6.45, 7) is 0. The fourth-order valence-electron chi connectivity index (χ4n) is 3.27. The summed E-state index contributed by atoms with van der Waals surface area (Å²) in [5.41, 5.74) is 1.89. The van der Waals surface area contributed by atoms with Gasteiger partial charge >= 0.3 is 0 Å². The van der Waals surface area contributed by atoms with E-state index >= 15 is 0 Å². The topological polar surface area (TPSA) is 94.1 Å². The van der Waals surface area contributed by atoms with Gasteiger partial charge in [-0.25, -0.2) is 0 Å². The van der Waals surface area contributed by atoms with Crippen molar-refractivity contribution >= 4 is 22.4 Å². The Morgan fingerprint density at radius 1 is 0.967 bits per heavy atom. The summed E-state index contributed by atoms with van der Waals surface area (Å²) in [5.74, 6) is 1.07. The molecule has 0 saturated carbocycles. The third kappa shape index (κ3) is 3.44. The van der Waals surface area contributed by atoms with Gasteiger partial charge in [0.25, 0.3) is 5.91 Å². The van der Waals surface area contributed by atoms with E-state index in [1.54, 1.807) is 24.6 Å². The lowest BCUT2D eigenvalue weighted by Crippen LogP contribution is -2.15. The Bertz CT molecular complexity index is 1320. The number of aromatic nitrogens is 3. The van der Waals surface area contributed by atoms with E-state index in [2.05, 4.69) is 20.4 Å². The molecular formula is C23H16N4O3. The van der Waals surface area contributed by atoms with E-state index in [0.717, 1.165) is 16.3 Å². The van der Waals surface area contributed by atoms with Crippen LogP contribution in [0.25, 0.3) is 22.4 Å². The molecule has 5 rings (SSSR count). The number of nitrogens with one attached hydrogen (secondary N) is 1. The highest BCUT2D eigenvalue weighted by molar-refractivity contribution is 6.11. The molecule has 5 aromatic rings. The van der Waals surface area contributed by atoms with Crippen molar-refractivity contribution in [2.75, 3.05) is 5.32 Å². The van der Waals surface area contributed by atoms with Crippen molar-refractivity contribution in [2.45, 2.75) is 6.42 Å². The summed E-state index contributed by atoms with van der Waals surface area (Å²) >= 11 is 0. The average Bonchev–Trinajstić information content (AvgIpc) is 3.47. The van der Waals surface area contributed by atoms with Crippen molar-refractivity contribution < 1.29 is 13.7 Å². The zero-order chi connectivity index (χ0) is 20.3. The number of para-hydroxylation sites is 1. The fraction of sp³-hybridized carbons (Fsp3) is 0.0435. The summed E-state index contributed by atoms with van der Waals surface area (Å²) in [4.78, 5) is 21.6. The Morgan fingerprint density at radius 3 is 2.73 bits per heavy atom. The molecular weight excluding hydrogens is 380 g/mol. The van der Waals surface area contributed by atoms with Gasteiger partial charge in [-0.3, -0.25) is 9.78 Å². The molecule has 1 amide bonds. The third-order valence-electron chi connectivity index (χ3n) is 4.71. The first-order chi connectivity index (χ1) is 14.8. The van der Waals surface area contributed by atoms with Gasteiger partial charge < -0.3 is 14.3 Å². The highest BCUT2D eigenvalue weighted by atomic mass is 16.5. The molecule has 0 aliphatic rings. The summed E-state index contributed by atoms with van der Waals surface area (Å²) in [7, 11) is 0. The summed E-state index contributed by atoms with van der Waals surface area (Å²) in [6.07, 6.45) is 3.56. The minimum Gasteiger partial charge on any atom is -0.461 e. The van der Waals surface area contributed by atoms with Crippen molar-refractivity contribution in [3.63, 3.8) is 0 Å². The zero-order valence-corrected chi connectivity index (χ0v) is 15.8. The summed E-state index contributed by atoms with van der Waals surface area (Å²) < 4.78 is 10.6. The van der Waals surface area contributed by atoms with Crippen LogP contribution in [-0.2, 0) is 6.42 Å². The minimum absolute atomic E-state index is 0.277. The summed E-state index contributed by atoms with van der Waals surface area (Å²) in [5, 5.41) is 8.68. The number of amides is 1. The highest BCUT2D eigenvalue weighted by Gasteiger charge is 2.16. The molecule has 0 radical (unpaired) electrons. The third-order valence-corrected chi connectivity index (χ3v) is 4.71. The van der Waals surface area contributed by atoms with E-state index in [9.17, 15) is 4.79 Å². The van der Waals surface area contributed by atoms with E-state index < -0.39 is 0 Å². The minimum atomic E-state index is -0.277. The number of fused-ring (bicyclic) bond motifs is 1. The largest absolute Gasteiger partial charge is 0.461 e. The van der Waals surface area contributed by atoms with Gasteiger partial charge in [-0.05, 0) is 35.2 Å². The monoisotopic (exact) mass is 396 g/mol. The second kappa shape index (κ2) is 7.63. The Hall–Kier alpha value is -4.26. The molecule has 7 heteroatoms. The molecule has 2 aromatic carbocycles. The van der Waals surface area contributed by atoms with E-state index in [1.165, 1.54) is 0 Å². The first-order valence-corrected chi connectivity index (χ1v) is 9.37. The lowest BCUT2D eigenvalue weighted by Gasteiger charge is -2.10. The van der Waals surface area contributed by atoms with E-state index in [4.69, 9.17) is 8.94 Å². The number of furan rings is 1. The maximum atomic E-state index is 13.0. The molecule has 30 heavy (non-hydrogen) atoms. The number of nitrogens with zero attached hydrogens (tertiary/aromatic N) is 3. The van der Waals surface area contributed by atoms with Crippen LogP contribution in [0.5, 0.6) is 0 Å². The molecule has 0 unspecified atom stereocenters. The molecule has 3 heterocycles. The van der Waals surface area contributed by atoms with Gasteiger partial charge in [0.2, 0.25) is 11.7 Å². The first kappa shape index (κ1) is 17.8. The predicted molar refractivity (Wildman–Crippen MR) is 111 cm³/mol. The summed E-state index contributed by atoms with van der Waals surface area (Å²) in [6, 6.07) is 20.6. The normalized spacial score (nSPS) is 10.9. The van der Waals surface area contributed by atoms with Crippen LogP contribution in [0.1, 0.15) is 21.9 Å². The Labute approximate surface area is 171 Å². The van der Waals surface area contributed by atoms with Gasteiger partial charge in [-0.2, -0.15) is 4.98 Å². The molecule has 0 saturated heterocycles. The van der Waals surface area contributed by atoms with Crippen LogP contribution in [0, 0.1) is 0 Å². The molecule has 0 atom stereocenters. The van der Waals surface area contributed by atoms with Gasteiger partial charge in [-0.15, -0.1) is 0 Å². The van der Waals surface area contributed by atoms with Crippen LogP contribution in [-0.4, -0.2) is 21.0 Å². The highest BCUT2D eigenvalue weighted by Crippen LogP contribution is 2.23. The SMILES string of the molecule is O=C(Nc1ccccc1Cc1nc(-c2ccco2)no1)c1nccc2ccccc12. The van der Waals surface area contributed by atoms with Crippen LogP contribution in [0.3, 0.4) is 0 Å². The van der Waals surface area contributed by atoms with Crippen molar-refractivity contribution in [3.05, 3.63) is 96.3 Å². The van der Waals surface area contributed by atoms with Crippen LogP contribution >= 0.6 is 0 Å². The van der Waals surface area contributed by atoms with Crippen molar-refractivity contribution in [1.82, 2.24) is 15.1 Å². The first-order valence-electron chi connectivity index (χ1n) is 9.37. The quantitative estimate of drug-likeness (QED) is 0.462. The average molecular weight is 396 g/mol. The lowest BCUT2D eigenvalue weighted by molar-refractivity contribution is 0.102. The number of rotatable bonds is 5. The maximum Gasteiger partial charge on any atom is 0.274 e. The molecule has 0 aliphatic carbocycles. The van der Waals surface area contributed by atoms with Gasteiger partial charge in [0, 0.05) is 17.3 Å². The molecule has 7 nitrogen and oxygen atoms in total. The van der Waals surface area contributed by atoms with Gasteiger partial charge in [0.15, 0.2) is 5.76 Å². The van der Waals surface area contributed by atoms with Crippen molar-refractivity contribution in [1.29, 1.82) is 0 Å². The number of pyridine rings is 1. The van der Waals surface area contributed by atoms with E-state index in [-0.39, 0.29) is 5.91 Å². The molecule has 0 bridgehead atoms. The Morgan fingerprint density at radius 2 is 1.83 bits per heavy atom. The number of hydrogen-bond donors (Lipinski definition) is 1. The molecule has 146 valence electrons. The van der Waals surface area contributed by atoms with Gasteiger partial charge in [0.1, 0.15) is 5.69 Å². The van der Waals surface area contributed by atoms with Crippen LogP contribution in [0.4, 0.5) is 5.69 Å². The van der Waals surface area contributed by atoms with Crippen molar-refractivity contribution in [3.8, 4) is 11.6 Å². The number of carbonyl (C=O) groups excluding carboxylic acids is 1. The number of carbonyl (C=O) groups is 1. The van der Waals surface area contributed by atoms with Crippen molar-refractivity contribution in [2.24, 2.45) is 0 Å². The Balaban J connectivity index is 1.40. The maximum absolute atomic E-state index is 13.0. The number of anilines is 1. The molecule has 3 aromatic heterocycles. The molecule has 0 spiro atoms.